The summed E-state index contributed by atoms with van der Waals surface area (Å²) in [5.74, 6) is 0. The molecule has 0 aromatic heterocycles. The van der Waals surface area contributed by atoms with E-state index in [0.717, 1.165) is 19.4 Å². The monoisotopic (exact) mass is 247 g/mol. The molecule has 0 spiro atoms. The quantitative estimate of drug-likeness (QED) is 0.887. The average molecular weight is 247 g/mol. The molecular formula is C16H25NO. The molecule has 1 saturated carbocycles. The van der Waals surface area contributed by atoms with Gasteiger partial charge in [0.25, 0.3) is 0 Å². The molecule has 1 aliphatic carbocycles. The van der Waals surface area contributed by atoms with Crippen molar-refractivity contribution in [1.29, 1.82) is 0 Å². The summed E-state index contributed by atoms with van der Waals surface area (Å²) in [7, 11) is 2.14. The molecule has 0 bridgehead atoms. The van der Waals surface area contributed by atoms with Crippen LogP contribution in [0.5, 0.6) is 0 Å². The molecule has 18 heavy (non-hydrogen) atoms. The van der Waals surface area contributed by atoms with Crippen molar-refractivity contribution in [2.75, 3.05) is 7.05 Å². The Morgan fingerprint density at radius 2 is 1.94 bits per heavy atom. The Hall–Kier alpha value is -0.860. The topological polar surface area (TPSA) is 23.5 Å². The fourth-order valence-corrected chi connectivity index (χ4v) is 2.96. The molecule has 1 fully saturated rings. The Kier molecular flexibility index (Phi) is 4.41. The van der Waals surface area contributed by atoms with Gasteiger partial charge in [-0.3, -0.25) is 4.90 Å². The minimum atomic E-state index is -0.145. The van der Waals surface area contributed by atoms with Crippen LogP contribution in [0, 0.1) is 13.8 Å². The zero-order valence-corrected chi connectivity index (χ0v) is 11.8. The Labute approximate surface area is 111 Å². The first-order chi connectivity index (χ1) is 8.58. The third-order valence-electron chi connectivity index (χ3n) is 4.18. The van der Waals surface area contributed by atoms with Crippen LogP contribution in [0.3, 0.4) is 0 Å². The summed E-state index contributed by atoms with van der Waals surface area (Å²) in [6.07, 6.45) is 4.37. The Morgan fingerprint density at radius 1 is 1.22 bits per heavy atom. The number of hydrogen-bond donors (Lipinski definition) is 1. The van der Waals surface area contributed by atoms with Gasteiger partial charge in [0.15, 0.2) is 0 Å². The largest absolute Gasteiger partial charge is 0.391 e. The molecule has 0 amide bonds. The first-order valence-corrected chi connectivity index (χ1v) is 7.02. The van der Waals surface area contributed by atoms with Gasteiger partial charge < -0.3 is 5.11 Å². The smallest absolute Gasteiger partial charge is 0.0695 e. The van der Waals surface area contributed by atoms with E-state index < -0.39 is 0 Å². The van der Waals surface area contributed by atoms with Gasteiger partial charge >= 0.3 is 0 Å². The minimum Gasteiger partial charge on any atom is -0.391 e. The summed E-state index contributed by atoms with van der Waals surface area (Å²) in [5.41, 5.74) is 4.04. The molecule has 0 aliphatic heterocycles. The van der Waals surface area contributed by atoms with Crippen molar-refractivity contribution in [1.82, 2.24) is 4.90 Å². The van der Waals surface area contributed by atoms with E-state index in [1.54, 1.807) is 0 Å². The maximum Gasteiger partial charge on any atom is 0.0695 e. The van der Waals surface area contributed by atoms with E-state index in [1.807, 2.05) is 0 Å². The maximum atomic E-state index is 10.1. The number of benzene rings is 1. The predicted molar refractivity (Wildman–Crippen MR) is 75.6 cm³/mol. The van der Waals surface area contributed by atoms with E-state index in [-0.39, 0.29) is 6.10 Å². The van der Waals surface area contributed by atoms with Crippen molar-refractivity contribution < 1.29 is 5.11 Å². The van der Waals surface area contributed by atoms with Gasteiger partial charge in [-0.2, -0.15) is 0 Å². The molecule has 2 rings (SSSR count). The van der Waals surface area contributed by atoms with Crippen molar-refractivity contribution in [3.63, 3.8) is 0 Å². The number of nitrogens with zero attached hydrogens (tertiary/aromatic N) is 1. The van der Waals surface area contributed by atoms with E-state index in [4.69, 9.17) is 0 Å². The maximum absolute atomic E-state index is 10.1. The zero-order chi connectivity index (χ0) is 13.1. The molecule has 2 unspecified atom stereocenters. The number of hydrogen-bond acceptors (Lipinski definition) is 2. The van der Waals surface area contributed by atoms with Gasteiger partial charge in [-0.15, -0.1) is 0 Å². The molecule has 2 atom stereocenters. The molecule has 0 heterocycles. The summed E-state index contributed by atoms with van der Waals surface area (Å²) < 4.78 is 0. The summed E-state index contributed by atoms with van der Waals surface area (Å²) in [6.45, 7) is 5.24. The molecule has 100 valence electrons. The van der Waals surface area contributed by atoms with Gasteiger partial charge in [0.1, 0.15) is 0 Å². The fraction of sp³-hybridized carbons (Fsp3) is 0.625. The standard InChI is InChI=1S/C16H25NO/c1-12-8-9-13(2)14(10-12)11-17(3)15-6-4-5-7-16(15)18/h8-10,15-16,18H,4-7,11H2,1-3H3. The lowest BCUT2D eigenvalue weighted by Gasteiger charge is -2.35. The highest BCUT2D eigenvalue weighted by Gasteiger charge is 2.26. The van der Waals surface area contributed by atoms with Crippen LogP contribution in [0.25, 0.3) is 0 Å². The van der Waals surface area contributed by atoms with E-state index in [0.29, 0.717) is 6.04 Å². The molecule has 1 aromatic rings. The molecule has 2 heteroatoms. The average Bonchev–Trinajstić information content (AvgIpc) is 2.34. The van der Waals surface area contributed by atoms with E-state index in [2.05, 4.69) is 44.0 Å². The number of likely N-dealkylation sites (N-methyl/N-ethyl adjacent to an activating group) is 1. The molecule has 0 saturated heterocycles. The van der Waals surface area contributed by atoms with Gasteiger partial charge in [-0.1, -0.05) is 36.6 Å². The Morgan fingerprint density at radius 3 is 2.67 bits per heavy atom. The normalized spacial score (nSPS) is 24.5. The van der Waals surface area contributed by atoms with Crippen LogP contribution in [-0.2, 0) is 6.54 Å². The van der Waals surface area contributed by atoms with Gasteiger partial charge in [0, 0.05) is 12.6 Å². The van der Waals surface area contributed by atoms with Gasteiger partial charge in [0.05, 0.1) is 6.10 Å². The predicted octanol–water partition coefficient (Wildman–Crippen LogP) is 3.04. The highest BCUT2D eigenvalue weighted by Crippen LogP contribution is 2.24. The summed E-state index contributed by atoms with van der Waals surface area (Å²) in [6, 6.07) is 6.95. The molecule has 1 N–H and O–H groups in total. The third kappa shape index (κ3) is 3.12. The third-order valence-corrected chi connectivity index (χ3v) is 4.18. The van der Waals surface area contributed by atoms with Crippen LogP contribution in [0.2, 0.25) is 0 Å². The summed E-state index contributed by atoms with van der Waals surface area (Å²) in [5, 5.41) is 10.1. The minimum absolute atomic E-state index is 0.145. The van der Waals surface area contributed by atoms with Crippen molar-refractivity contribution in [2.24, 2.45) is 0 Å². The van der Waals surface area contributed by atoms with Gasteiger partial charge in [0.2, 0.25) is 0 Å². The summed E-state index contributed by atoms with van der Waals surface area (Å²) in [4.78, 5) is 2.33. The van der Waals surface area contributed by atoms with Gasteiger partial charge in [-0.25, -0.2) is 0 Å². The lowest BCUT2D eigenvalue weighted by molar-refractivity contribution is 0.0287. The van der Waals surface area contributed by atoms with Crippen LogP contribution >= 0.6 is 0 Å². The highest BCUT2D eigenvalue weighted by molar-refractivity contribution is 5.30. The fourth-order valence-electron chi connectivity index (χ4n) is 2.96. The number of aryl methyl sites for hydroxylation is 2. The van der Waals surface area contributed by atoms with Crippen LogP contribution in [0.4, 0.5) is 0 Å². The van der Waals surface area contributed by atoms with Crippen molar-refractivity contribution in [3.8, 4) is 0 Å². The number of aliphatic hydroxyl groups excluding tert-OH is 1. The highest BCUT2D eigenvalue weighted by atomic mass is 16.3. The lowest BCUT2D eigenvalue weighted by atomic mass is 9.91. The molecule has 2 nitrogen and oxygen atoms in total. The van der Waals surface area contributed by atoms with Crippen molar-refractivity contribution >= 4 is 0 Å². The second-order valence-electron chi connectivity index (χ2n) is 5.76. The van der Waals surface area contributed by atoms with Crippen molar-refractivity contribution in [3.05, 3.63) is 34.9 Å². The van der Waals surface area contributed by atoms with Crippen LogP contribution in [-0.4, -0.2) is 29.2 Å². The molecular weight excluding hydrogens is 222 g/mol. The number of aliphatic hydroxyl groups is 1. The Bertz CT molecular complexity index is 402. The second-order valence-corrected chi connectivity index (χ2v) is 5.76. The second kappa shape index (κ2) is 5.85. The molecule has 0 radical (unpaired) electrons. The molecule has 1 aliphatic rings. The first kappa shape index (κ1) is 13.6. The summed E-state index contributed by atoms with van der Waals surface area (Å²) >= 11 is 0. The number of rotatable bonds is 3. The SMILES string of the molecule is Cc1ccc(C)c(CN(C)C2CCCCC2O)c1. The van der Waals surface area contributed by atoms with E-state index in [1.165, 1.54) is 29.5 Å². The van der Waals surface area contributed by atoms with Crippen LogP contribution in [0.1, 0.15) is 42.4 Å². The first-order valence-electron chi connectivity index (χ1n) is 7.02. The molecule has 1 aromatic carbocycles. The van der Waals surface area contributed by atoms with Crippen LogP contribution < -0.4 is 0 Å². The van der Waals surface area contributed by atoms with E-state index in [9.17, 15) is 5.11 Å². The zero-order valence-electron chi connectivity index (χ0n) is 11.8. The van der Waals surface area contributed by atoms with Gasteiger partial charge in [-0.05, 0) is 44.9 Å². The van der Waals surface area contributed by atoms with E-state index >= 15 is 0 Å². The lowest BCUT2D eigenvalue weighted by Crippen LogP contribution is -2.42. The van der Waals surface area contributed by atoms with Crippen molar-refractivity contribution in [2.45, 2.75) is 58.2 Å². The van der Waals surface area contributed by atoms with Crippen LogP contribution in [0.15, 0.2) is 18.2 Å². The Balaban J connectivity index is 2.05.